The van der Waals surface area contributed by atoms with Gasteiger partial charge in [0.25, 0.3) is 0 Å². The van der Waals surface area contributed by atoms with E-state index in [1.807, 2.05) is 30.8 Å². The van der Waals surface area contributed by atoms with Crippen molar-refractivity contribution in [3.8, 4) is 0 Å². The van der Waals surface area contributed by atoms with Gasteiger partial charge in [-0.05, 0) is 43.9 Å². The van der Waals surface area contributed by atoms with Gasteiger partial charge >= 0.3 is 0 Å². The number of unbranched alkanes of at least 4 members (excludes halogenated alkanes) is 2. The molecule has 1 aromatic heterocycles. The maximum Gasteiger partial charge on any atom is 0.126 e. The van der Waals surface area contributed by atoms with E-state index in [1.54, 1.807) is 0 Å². The fourth-order valence-electron chi connectivity index (χ4n) is 1.67. The zero-order valence-electron chi connectivity index (χ0n) is 11.0. The van der Waals surface area contributed by atoms with Crippen molar-refractivity contribution in [3.05, 3.63) is 23.4 Å². The van der Waals surface area contributed by atoms with Gasteiger partial charge in [-0.25, -0.2) is 4.98 Å². The van der Waals surface area contributed by atoms with Gasteiger partial charge < -0.3 is 11.1 Å². The molecule has 3 N–H and O–H groups in total. The quantitative estimate of drug-likeness (QED) is 0.567. The minimum absolute atomic E-state index is 0.420. The smallest absolute Gasteiger partial charge is 0.126 e. The molecule has 0 saturated heterocycles. The molecule has 0 unspecified atom stereocenters. The van der Waals surface area contributed by atoms with Crippen LogP contribution in [0.25, 0.3) is 0 Å². The molecule has 100 valence electrons. The molecule has 0 aromatic carbocycles. The van der Waals surface area contributed by atoms with Gasteiger partial charge in [-0.15, -0.1) is 0 Å². The molecule has 0 radical (unpaired) electrons. The summed E-state index contributed by atoms with van der Waals surface area (Å²) in [4.78, 5) is 4.84. The molecule has 0 amide bonds. The van der Waals surface area contributed by atoms with Crippen molar-refractivity contribution in [3.63, 3.8) is 0 Å². The van der Waals surface area contributed by atoms with Crippen molar-refractivity contribution < 1.29 is 0 Å². The highest BCUT2D eigenvalue weighted by atomic mass is 32.2. The highest BCUT2D eigenvalue weighted by Crippen LogP contribution is 2.10. The molecule has 0 spiro atoms. The van der Waals surface area contributed by atoms with E-state index in [1.165, 1.54) is 25.0 Å². The van der Waals surface area contributed by atoms with E-state index < -0.39 is 0 Å². The summed E-state index contributed by atoms with van der Waals surface area (Å²) in [5.41, 5.74) is 7.45. The van der Waals surface area contributed by atoms with Gasteiger partial charge in [0.15, 0.2) is 0 Å². The first-order valence-electron chi connectivity index (χ1n) is 6.15. The maximum absolute atomic E-state index is 5.63. The highest BCUT2D eigenvalue weighted by Gasteiger charge is 2.02. The second-order valence-corrected chi connectivity index (χ2v) is 5.65. The van der Waals surface area contributed by atoms with Crippen LogP contribution in [-0.2, 0) is 0 Å². The molecule has 0 aliphatic rings. The van der Waals surface area contributed by atoms with Crippen LogP contribution < -0.4 is 11.1 Å². The average molecular weight is 283 g/mol. The number of thiocarbonyl (C=S) groups is 1. The third-order valence-electron chi connectivity index (χ3n) is 2.57. The van der Waals surface area contributed by atoms with Crippen LogP contribution in [0.4, 0.5) is 5.82 Å². The third kappa shape index (κ3) is 5.69. The van der Waals surface area contributed by atoms with Crippen LogP contribution in [0, 0.1) is 6.92 Å². The highest BCUT2D eigenvalue weighted by molar-refractivity contribution is 7.98. The second kappa shape index (κ2) is 8.32. The summed E-state index contributed by atoms with van der Waals surface area (Å²) in [6.45, 7) is 2.90. The first kappa shape index (κ1) is 15.2. The van der Waals surface area contributed by atoms with Gasteiger partial charge in [-0.2, -0.15) is 11.8 Å². The molecule has 1 heterocycles. The standard InChI is InChI=1S/C13H21N3S2/c1-10-8-11(13(14)17)9-12(16-10)15-6-4-3-5-7-18-2/h8-9H,3-7H2,1-2H3,(H2,14,17)(H,15,16). The minimum Gasteiger partial charge on any atom is -0.389 e. The van der Waals surface area contributed by atoms with Crippen LogP contribution in [0.5, 0.6) is 0 Å². The summed E-state index contributed by atoms with van der Waals surface area (Å²) in [5.74, 6) is 2.11. The number of nitrogens with two attached hydrogens (primary N) is 1. The maximum atomic E-state index is 5.63. The van der Waals surface area contributed by atoms with Gasteiger partial charge in [0.05, 0.1) is 0 Å². The number of aromatic nitrogens is 1. The molecule has 0 aliphatic carbocycles. The fourth-order valence-corrected chi connectivity index (χ4v) is 2.28. The fraction of sp³-hybridized carbons (Fsp3) is 0.538. The number of thioether (sulfide) groups is 1. The van der Waals surface area contributed by atoms with Crippen LogP contribution >= 0.6 is 24.0 Å². The van der Waals surface area contributed by atoms with Crippen LogP contribution in [-0.4, -0.2) is 28.5 Å². The predicted octanol–water partition coefficient (Wildman–Crippen LogP) is 2.97. The first-order valence-corrected chi connectivity index (χ1v) is 7.95. The Morgan fingerprint density at radius 1 is 1.39 bits per heavy atom. The van der Waals surface area contributed by atoms with Crippen molar-refractivity contribution in [2.45, 2.75) is 26.2 Å². The summed E-state index contributed by atoms with van der Waals surface area (Å²) >= 11 is 6.89. The summed E-state index contributed by atoms with van der Waals surface area (Å²) in [6, 6.07) is 3.82. The number of anilines is 1. The number of nitrogens with zero attached hydrogens (tertiary/aromatic N) is 1. The van der Waals surface area contributed by atoms with E-state index in [0.717, 1.165) is 23.6 Å². The lowest BCUT2D eigenvalue weighted by atomic mass is 10.2. The van der Waals surface area contributed by atoms with E-state index in [-0.39, 0.29) is 0 Å². The first-order chi connectivity index (χ1) is 8.63. The van der Waals surface area contributed by atoms with E-state index in [2.05, 4.69) is 16.6 Å². The minimum atomic E-state index is 0.420. The molecular weight excluding hydrogens is 262 g/mol. The Morgan fingerprint density at radius 2 is 2.17 bits per heavy atom. The lowest BCUT2D eigenvalue weighted by molar-refractivity contribution is 0.748. The van der Waals surface area contributed by atoms with E-state index in [0.29, 0.717) is 4.99 Å². The zero-order valence-corrected chi connectivity index (χ0v) is 12.7. The number of pyridine rings is 1. The molecule has 1 aromatic rings. The summed E-state index contributed by atoms with van der Waals surface area (Å²) in [7, 11) is 0. The topological polar surface area (TPSA) is 50.9 Å². The number of hydrogen-bond donors (Lipinski definition) is 2. The van der Waals surface area contributed by atoms with Crippen molar-refractivity contribution in [2.24, 2.45) is 5.73 Å². The Bertz CT molecular complexity index is 394. The monoisotopic (exact) mass is 283 g/mol. The molecule has 18 heavy (non-hydrogen) atoms. The van der Waals surface area contributed by atoms with Crippen molar-refractivity contribution in [1.82, 2.24) is 4.98 Å². The molecule has 3 nitrogen and oxygen atoms in total. The largest absolute Gasteiger partial charge is 0.389 e. The Balaban J connectivity index is 2.40. The van der Waals surface area contributed by atoms with Crippen LogP contribution in [0.1, 0.15) is 30.5 Å². The van der Waals surface area contributed by atoms with E-state index in [4.69, 9.17) is 18.0 Å². The van der Waals surface area contributed by atoms with Gasteiger partial charge in [-0.1, -0.05) is 18.6 Å². The van der Waals surface area contributed by atoms with Crippen molar-refractivity contribution in [2.75, 3.05) is 23.9 Å². The van der Waals surface area contributed by atoms with Crippen LogP contribution in [0.3, 0.4) is 0 Å². The Morgan fingerprint density at radius 3 is 2.83 bits per heavy atom. The Hall–Kier alpha value is -0.810. The van der Waals surface area contributed by atoms with Gasteiger partial charge in [0.2, 0.25) is 0 Å². The molecule has 0 atom stereocenters. The molecule has 0 aliphatic heterocycles. The zero-order chi connectivity index (χ0) is 13.4. The van der Waals surface area contributed by atoms with Gasteiger partial charge in [0.1, 0.15) is 10.8 Å². The van der Waals surface area contributed by atoms with Gasteiger partial charge in [0, 0.05) is 17.8 Å². The third-order valence-corrected chi connectivity index (χ3v) is 3.50. The van der Waals surface area contributed by atoms with Crippen LogP contribution in [0.15, 0.2) is 12.1 Å². The normalized spacial score (nSPS) is 10.3. The van der Waals surface area contributed by atoms with Gasteiger partial charge in [-0.3, -0.25) is 0 Å². The van der Waals surface area contributed by atoms with Crippen molar-refractivity contribution in [1.29, 1.82) is 0 Å². The second-order valence-electron chi connectivity index (χ2n) is 4.23. The molecule has 0 saturated carbocycles. The molecule has 5 heteroatoms. The summed E-state index contributed by atoms with van der Waals surface area (Å²) in [5, 5.41) is 3.32. The Kier molecular flexibility index (Phi) is 7.05. The molecule has 1 rings (SSSR count). The SMILES string of the molecule is CSCCCCCNc1cc(C(N)=S)cc(C)n1. The summed E-state index contributed by atoms with van der Waals surface area (Å²) < 4.78 is 0. The van der Waals surface area contributed by atoms with E-state index >= 15 is 0 Å². The predicted molar refractivity (Wildman–Crippen MR) is 85.6 cm³/mol. The molecule has 0 bridgehead atoms. The lowest BCUT2D eigenvalue weighted by Crippen LogP contribution is -2.12. The summed E-state index contributed by atoms with van der Waals surface area (Å²) in [6.07, 6.45) is 5.84. The average Bonchev–Trinajstić information content (AvgIpc) is 2.33. The molecular formula is C13H21N3S2. The van der Waals surface area contributed by atoms with Crippen LogP contribution in [0.2, 0.25) is 0 Å². The molecule has 0 fully saturated rings. The van der Waals surface area contributed by atoms with E-state index in [9.17, 15) is 0 Å². The Labute approximate surface area is 119 Å². The van der Waals surface area contributed by atoms with Crippen molar-refractivity contribution >= 4 is 34.8 Å². The number of aryl methyl sites for hydroxylation is 1. The number of rotatable bonds is 8. The number of hydrogen-bond acceptors (Lipinski definition) is 4. The number of nitrogens with one attached hydrogen (secondary N) is 1. The lowest BCUT2D eigenvalue weighted by Gasteiger charge is -2.08.